The second-order valence-corrected chi connectivity index (χ2v) is 5.17. The number of aryl methyl sites for hydroxylation is 1. The highest BCUT2D eigenvalue weighted by molar-refractivity contribution is 9.10. The molecule has 0 spiro atoms. The van der Waals surface area contributed by atoms with Crippen molar-refractivity contribution in [1.29, 1.82) is 0 Å². The molecule has 0 aromatic carbocycles. The van der Waals surface area contributed by atoms with Gasteiger partial charge in [0.05, 0.1) is 16.4 Å². The van der Waals surface area contributed by atoms with E-state index >= 15 is 0 Å². The monoisotopic (exact) mass is 287 g/mol. The number of nitrogens with zero attached hydrogens (tertiary/aromatic N) is 2. The van der Waals surface area contributed by atoms with Crippen molar-refractivity contribution < 1.29 is 0 Å². The van der Waals surface area contributed by atoms with E-state index < -0.39 is 0 Å². The fraction of sp³-hybridized carbons (Fsp3) is 0.750. The highest BCUT2D eigenvalue weighted by Gasteiger charge is 2.13. The molecule has 0 saturated heterocycles. The molecule has 4 heteroatoms. The molecule has 0 amide bonds. The van der Waals surface area contributed by atoms with Crippen molar-refractivity contribution in [2.75, 3.05) is 0 Å². The zero-order chi connectivity index (χ0) is 12.0. The van der Waals surface area contributed by atoms with Crippen molar-refractivity contribution in [2.24, 2.45) is 12.8 Å². The van der Waals surface area contributed by atoms with E-state index in [-0.39, 0.29) is 6.04 Å². The van der Waals surface area contributed by atoms with Gasteiger partial charge in [0.2, 0.25) is 0 Å². The van der Waals surface area contributed by atoms with Crippen LogP contribution in [0, 0.1) is 0 Å². The third kappa shape index (κ3) is 3.91. The van der Waals surface area contributed by atoms with Gasteiger partial charge >= 0.3 is 0 Å². The quantitative estimate of drug-likeness (QED) is 0.780. The predicted octanol–water partition coefficient (Wildman–Crippen LogP) is 3.54. The van der Waals surface area contributed by atoms with Crippen LogP contribution in [0.4, 0.5) is 0 Å². The van der Waals surface area contributed by atoms with Crippen LogP contribution >= 0.6 is 15.9 Å². The van der Waals surface area contributed by atoms with Gasteiger partial charge in [-0.15, -0.1) is 0 Å². The first kappa shape index (κ1) is 13.7. The Labute approximate surface area is 107 Å². The van der Waals surface area contributed by atoms with E-state index in [0.29, 0.717) is 0 Å². The van der Waals surface area contributed by atoms with E-state index in [1.165, 1.54) is 32.1 Å². The van der Waals surface area contributed by atoms with Gasteiger partial charge in [0.1, 0.15) is 0 Å². The molecule has 0 fully saturated rings. The molecule has 1 aromatic rings. The molecule has 0 aliphatic carbocycles. The Kier molecular flexibility index (Phi) is 6.06. The summed E-state index contributed by atoms with van der Waals surface area (Å²) in [5, 5.41) is 4.18. The standard InChI is InChI=1S/C12H22BrN3/c1-3-4-5-6-7-8-11(14)12-10(13)9-15-16(12)2/h9,11H,3-8,14H2,1-2H3. The molecule has 3 nitrogen and oxygen atoms in total. The number of hydrogen-bond donors (Lipinski definition) is 1. The maximum Gasteiger partial charge on any atom is 0.0690 e. The average Bonchev–Trinajstić information content (AvgIpc) is 2.58. The summed E-state index contributed by atoms with van der Waals surface area (Å²) >= 11 is 3.49. The van der Waals surface area contributed by atoms with Crippen LogP contribution in [0.5, 0.6) is 0 Å². The van der Waals surface area contributed by atoms with Crippen LogP contribution in [0.3, 0.4) is 0 Å². The maximum atomic E-state index is 6.17. The van der Waals surface area contributed by atoms with Crippen molar-refractivity contribution in [2.45, 2.75) is 51.5 Å². The van der Waals surface area contributed by atoms with E-state index in [0.717, 1.165) is 16.6 Å². The summed E-state index contributed by atoms with van der Waals surface area (Å²) < 4.78 is 2.89. The first-order valence-electron chi connectivity index (χ1n) is 6.09. The smallest absolute Gasteiger partial charge is 0.0690 e. The SMILES string of the molecule is CCCCCCCC(N)c1c(Br)cnn1C. The Morgan fingerprint density at radius 2 is 2.06 bits per heavy atom. The second-order valence-electron chi connectivity index (χ2n) is 4.31. The van der Waals surface area contributed by atoms with E-state index in [9.17, 15) is 0 Å². The Morgan fingerprint density at radius 1 is 1.38 bits per heavy atom. The molecular formula is C12H22BrN3. The minimum atomic E-state index is 0.100. The van der Waals surface area contributed by atoms with Gasteiger partial charge in [-0.3, -0.25) is 4.68 Å². The summed E-state index contributed by atoms with van der Waals surface area (Å²) in [5.41, 5.74) is 7.27. The number of nitrogens with two attached hydrogens (primary N) is 1. The van der Waals surface area contributed by atoms with Crippen molar-refractivity contribution in [1.82, 2.24) is 9.78 Å². The average molecular weight is 288 g/mol. The highest BCUT2D eigenvalue weighted by atomic mass is 79.9. The van der Waals surface area contributed by atoms with E-state index in [2.05, 4.69) is 28.0 Å². The molecule has 0 radical (unpaired) electrons. The molecular weight excluding hydrogens is 266 g/mol. The van der Waals surface area contributed by atoms with Crippen LogP contribution < -0.4 is 5.73 Å². The topological polar surface area (TPSA) is 43.8 Å². The minimum Gasteiger partial charge on any atom is -0.323 e. The molecule has 1 heterocycles. The molecule has 16 heavy (non-hydrogen) atoms. The third-order valence-electron chi connectivity index (χ3n) is 2.91. The number of hydrogen-bond acceptors (Lipinski definition) is 2. The molecule has 0 aliphatic heterocycles. The van der Waals surface area contributed by atoms with Gasteiger partial charge in [-0.05, 0) is 22.4 Å². The lowest BCUT2D eigenvalue weighted by Gasteiger charge is -2.12. The van der Waals surface area contributed by atoms with Gasteiger partial charge in [-0.25, -0.2) is 0 Å². The molecule has 1 aromatic heterocycles. The molecule has 0 aliphatic rings. The van der Waals surface area contributed by atoms with Crippen LogP contribution in [0.2, 0.25) is 0 Å². The van der Waals surface area contributed by atoms with Crippen LogP contribution in [-0.2, 0) is 7.05 Å². The Bertz CT molecular complexity index is 290. The summed E-state index contributed by atoms with van der Waals surface area (Å²) in [4.78, 5) is 0. The summed E-state index contributed by atoms with van der Waals surface area (Å²) in [7, 11) is 1.94. The van der Waals surface area contributed by atoms with E-state index in [1.807, 2.05) is 17.9 Å². The molecule has 1 unspecified atom stereocenters. The second kappa shape index (κ2) is 7.07. The number of halogens is 1. The maximum absolute atomic E-state index is 6.17. The molecule has 0 saturated carbocycles. The van der Waals surface area contributed by atoms with Gasteiger partial charge in [0.25, 0.3) is 0 Å². The molecule has 92 valence electrons. The van der Waals surface area contributed by atoms with Gasteiger partial charge in [-0.2, -0.15) is 5.10 Å². The fourth-order valence-corrected chi connectivity index (χ4v) is 2.58. The van der Waals surface area contributed by atoms with Crippen molar-refractivity contribution >= 4 is 15.9 Å². The Hall–Kier alpha value is -0.350. The van der Waals surface area contributed by atoms with Crippen molar-refractivity contribution in [3.05, 3.63) is 16.4 Å². The fourth-order valence-electron chi connectivity index (χ4n) is 1.94. The van der Waals surface area contributed by atoms with Gasteiger partial charge < -0.3 is 5.73 Å². The van der Waals surface area contributed by atoms with Gasteiger partial charge in [0.15, 0.2) is 0 Å². The summed E-state index contributed by atoms with van der Waals surface area (Å²) in [6.07, 6.45) is 9.31. The first-order valence-corrected chi connectivity index (χ1v) is 6.89. The van der Waals surface area contributed by atoms with Gasteiger partial charge in [0, 0.05) is 13.1 Å². The van der Waals surface area contributed by atoms with Gasteiger partial charge in [-0.1, -0.05) is 39.0 Å². The molecule has 0 bridgehead atoms. The summed E-state index contributed by atoms with van der Waals surface area (Å²) in [5.74, 6) is 0. The summed E-state index contributed by atoms with van der Waals surface area (Å²) in [6.45, 7) is 2.23. The minimum absolute atomic E-state index is 0.100. The number of unbranched alkanes of at least 4 members (excludes halogenated alkanes) is 4. The first-order chi connectivity index (χ1) is 7.66. The lowest BCUT2D eigenvalue weighted by atomic mass is 10.0. The van der Waals surface area contributed by atoms with Crippen LogP contribution in [0.1, 0.15) is 57.2 Å². The summed E-state index contributed by atoms with van der Waals surface area (Å²) in [6, 6.07) is 0.100. The normalized spacial score (nSPS) is 13.0. The zero-order valence-electron chi connectivity index (χ0n) is 10.2. The zero-order valence-corrected chi connectivity index (χ0v) is 11.8. The lowest BCUT2D eigenvalue weighted by molar-refractivity contribution is 0.526. The van der Waals surface area contributed by atoms with Crippen molar-refractivity contribution in [3.63, 3.8) is 0 Å². The third-order valence-corrected chi connectivity index (χ3v) is 3.52. The Balaban J connectivity index is 2.32. The van der Waals surface area contributed by atoms with Crippen LogP contribution in [-0.4, -0.2) is 9.78 Å². The molecule has 1 atom stereocenters. The predicted molar refractivity (Wildman–Crippen MR) is 71.2 cm³/mol. The molecule has 2 N–H and O–H groups in total. The van der Waals surface area contributed by atoms with E-state index in [4.69, 9.17) is 5.73 Å². The Morgan fingerprint density at radius 3 is 2.62 bits per heavy atom. The van der Waals surface area contributed by atoms with Crippen LogP contribution in [0.15, 0.2) is 10.7 Å². The molecule has 1 rings (SSSR count). The highest BCUT2D eigenvalue weighted by Crippen LogP contribution is 2.24. The number of aromatic nitrogens is 2. The largest absolute Gasteiger partial charge is 0.323 e. The lowest BCUT2D eigenvalue weighted by Crippen LogP contribution is -2.15. The van der Waals surface area contributed by atoms with Crippen LogP contribution in [0.25, 0.3) is 0 Å². The number of rotatable bonds is 7. The van der Waals surface area contributed by atoms with E-state index in [1.54, 1.807) is 0 Å². The van der Waals surface area contributed by atoms with Crippen molar-refractivity contribution in [3.8, 4) is 0 Å².